The first kappa shape index (κ1) is 21.9. The number of nitriles is 1. The Morgan fingerprint density at radius 2 is 1.83 bits per heavy atom. The molecule has 0 spiro atoms. The van der Waals surface area contributed by atoms with Crippen LogP contribution < -0.4 is 28.5 Å². The highest BCUT2D eigenvalue weighted by Gasteiger charge is 2.11. The van der Waals surface area contributed by atoms with E-state index < -0.39 is 0 Å². The van der Waals surface area contributed by atoms with E-state index in [2.05, 4.69) is 15.0 Å². The Hall–Kier alpha value is -3.42. The Morgan fingerprint density at radius 3 is 2.38 bits per heavy atom. The number of halogens is 1. The van der Waals surface area contributed by atoms with Gasteiger partial charge in [0, 0.05) is 13.0 Å². The molecule has 11 heteroatoms. The number of nitrogen functional groups attached to an aromatic ring is 3. The van der Waals surface area contributed by atoms with Crippen LogP contribution in [0.5, 0.6) is 0 Å². The molecule has 0 unspecified atom stereocenters. The van der Waals surface area contributed by atoms with E-state index in [9.17, 15) is 4.79 Å². The van der Waals surface area contributed by atoms with Gasteiger partial charge in [0.1, 0.15) is 29.1 Å². The molecule has 29 heavy (non-hydrogen) atoms. The second-order valence-electron chi connectivity index (χ2n) is 5.95. The maximum atomic E-state index is 12.4. The van der Waals surface area contributed by atoms with Crippen molar-refractivity contribution in [3.05, 3.63) is 45.0 Å². The zero-order valence-corrected chi connectivity index (χ0v) is 16.6. The highest BCUT2D eigenvalue weighted by atomic mass is 35.5. The summed E-state index contributed by atoms with van der Waals surface area (Å²) in [6, 6.07) is 7.10. The van der Waals surface area contributed by atoms with Crippen molar-refractivity contribution >= 4 is 40.1 Å². The van der Waals surface area contributed by atoms with Gasteiger partial charge >= 0.3 is 0 Å². The van der Waals surface area contributed by atoms with Crippen molar-refractivity contribution in [2.75, 3.05) is 23.7 Å². The van der Waals surface area contributed by atoms with Crippen LogP contribution in [-0.2, 0) is 13.0 Å². The summed E-state index contributed by atoms with van der Waals surface area (Å²) < 4.78 is 1.68. The minimum atomic E-state index is -0.0732. The van der Waals surface area contributed by atoms with Crippen LogP contribution in [0.2, 0.25) is 5.02 Å². The number of aromatic nitrogens is 4. The van der Waals surface area contributed by atoms with Gasteiger partial charge in [-0.25, -0.2) is 4.98 Å². The number of anilines is 3. The molecule has 152 valence electrons. The molecule has 0 aliphatic rings. The fourth-order valence-electron chi connectivity index (χ4n) is 2.65. The van der Waals surface area contributed by atoms with E-state index in [4.69, 9.17) is 39.8 Å². The van der Waals surface area contributed by atoms with Crippen molar-refractivity contribution in [3.63, 3.8) is 0 Å². The number of nitrogens with zero attached hydrogens (tertiary/aromatic N) is 5. The number of aryl methyl sites for hydroxylation is 1. The fraction of sp³-hybridized carbons (Fsp3) is 0.278. The topological polar surface area (TPSA) is 189 Å². The molecule has 0 saturated carbocycles. The van der Waals surface area contributed by atoms with Crippen molar-refractivity contribution in [1.82, 2.24) is 19.5 Å². The van der Waals surface area contributed by atoms with Crippen molar-refractivity contribution in [2.45, 2.75) is 26.3 Å². The smallest absolute Gasteiger partial charge is 0.262 e. The van der Waals surface area contributed by atoms with E-state index in [0.717, 1.165) is 12.2 Å². The van der Waals surface area contributed by atoms with E-state index in [0.29, 0.717) is 35.4 Å². The Morgan fingerprint density at radius 1 is 1.17 bits per heavy atom. The summed E-state index contributed by atoms with van der Waals surface area (Å²) in [5.74, 6) is 0.775. The number of nitrogens with two attached hydrogens (primary N) is 4. The third kappa shape index (κ3) is 4.90. The molecule has 0 aliphatic carbocycles. The Labute approximate surface area is 172 Å². The average Bonchev–Trinajstić information content (AvgIpc) is 2.67. The number of rotatable bonds is 4. The second kappa shape index (κ2) is 9.68. The Bertz CT molecular complexity index is 1100. The highest BCUT2D eigenvalue weighted by Crippen LogP contribution is 2.19. The van der Waals surface area contributed by atoms with Crippen molar-refractivity contribution in [1.29, 1.82) is 5.26 Å². The van der Waals surface area contributed by atoms with Gasteiger partial charge in [0.05, 0.1) is 15.9 Å². The Kier molecular flexibility index (Phi) is 7.30. The van der Waals surface area contributed by atoms with E-state index in [-0.39, 0.29) is 28.7 Å². The third-order valence-electron chi connectivity index (χ3n) is 4.01. The third-order valence-corrected chi connectivity index (χ3v) is 4.32. The van der Waals surface area contributed by atoms with Crippen molar-refractivity contribution < 1.29 is 0 Å². The van der Waals surface area contributed by atoms with Crippen LogP contribution in [0.3, 0.4) is 0 Å². The molecule has 2 heterocycles. The largest absolute Gasteiger partial charge is 0.382 e. The van der Waals surface area contributed by atoms with E-state index in [1.165, 1.54) is 0 Å². The number of hydrogen-bond donors (Lipinski definition) is 4. The lowest BCUT2D eigenvalue weighted by Gasteiger charge is -2.12. The molecule has 0 radical (unpaired) electrons. The molecular weight excluding hydrogens is 394 g/mol. The molecule has 0 atom stereocenters. The van der Waals surface area contributed by atoms with Gasteiger partial charge in [-0.05, 0) is 25.1 Å². The van der Waals surface area contributed by atoms with Crippen LogP contribution in [0, 0.1) is 11.3 Å². The summed E-state index contributed by atoms with van der Waals surface area (Å²) in [5, 5.41) is 9.41. The lowest BCUT2D eigenvalue weighted by atomic mass is 10.2. The summed E-state index contributed by atoms with van der Waals surface area (Å²) >= 11 is 6.09. The molecule has 2 aromatic heterocycles. The molecule has 10 nitrogen and oxygen atoms in total. The first-order valence-corrected chi connectivity index (χ1v) is 9.18. The van der Waals surface area contributed by atoms with Gasteiger partial charge in [-0.3, -0.25) is 9.36 Å². The number of fused-ring (bicyclic) bond motifs is 1. The molecule has 1 aromatic carbocycles. The van der Waals surface area contributed by atoms with Crippen LogP contribution in [-0.4, -0.2) is 26.1 Å². The molecule has 3 aromatic rings. The minimum absolute atomic E-state index is 0.0116. The van der Waals surface area contributed by atoms with Gasteiger partial charge in [0.25, 0.3) is 5.56 Å². The van der Waals surface area contributed by atoms with Crippen LogP contribution in [0.1, 0.15) is 24.7 Å². The predicted molar refractivity (Wildman–Crippen MR) is 114 cm³/mol. The lowest BCUT2D eigenvalue weighted by molar-refractivity contribution is 0.593. The molecule has 0 fully saturated rings. The summed E-state index contributed by atoms with van der Waals surface area (Å²) in [7, 11) is 0. The van der Waals surface area contributed by atoms with Gasteiger partial charge in [-0.1, -0.05) is 24.6 Å². The highest BCUT2D eigenvalue weighted by molar-refractivity contribution is 6.35. The van der Waals surface area contributed by atoms with Crippen molar-refractivity contribution in [3.8, 4) is 6.07 Å². The van der Waals surface area contributed by atoms with Gasteiger partial charge in [0.2, 0.25) is 5.95 Å². The molecule has 8 N–H and O–H groups in total. The van der Waals surface area contributed by atoms with Crippen LogP contribution in [0.15, 0.2) is 23.0 Å². The molecule has 0 saturated heterocycles. The van der Waals surface area contributed by atoms with E-state index >= 15 is 0 Å². The lowest BCUT2D eigenvalue weighted by Crippen LogP contribution is -2.26. The van der Waals surface area contributed by atoms with E-state index in [1.54, 1.807) is 22.8 Å². The van der Waals surface area contributed by atoms with E-state index in [1.807, 2.05) is 13.0 Å². The summed E-state index contributed by atoms with van der Waals surface area (Å²) in [6.07, 6.45) is 1.47. The maximum Gasteiger partial charge on any atom is 0.262 e. The first-order chi connectivity index (χ1) is 13.8. The quantitative estimate of drug-likeness (QED) is 0.482. The molecule has 0 bridgehead atoms. The van der Waals surface area contributed by atoms with Gasteiger partial charge in [-0.2, -0.15) is 15.2 Å². The molecule has 0 amide bonds. The first-order valence-electron chi connectivity index (χ1n) is 8.80. The van der Waals surface area contributed by atoms with Gasteiger partial charge in [-0.15, -0.1) is 0 Å². The van der Waals surface area contributed by atoms with Crippen LogP contribution in [0.4, 0.5) is 17.6 Å². The minimum Gasteiger partial charge on any atom is -0.382 e. The zero-order chi connectivity index (χ0) is 21.6. The Balaban J connectivity index is 0.000000234. The predicted octanol–water partition coefficient (Wildman–Crippen LogP) is 1.06. The van der Waals surface area contributed by atoms with Crippen LogP contribution >= 0.6 is 11.6 Å². The monoisotopic (exact) mass is 415 g/mol. The standard InChI is InChI=1S/C13H16ClN3O.C5H6N6/c1-2-11-16-10-6-3-5-9(14)12(10)13(18)17(11)8-4-7-15;6-1-2-3(7)10-5(9)11-4(2)8/h3,5-6H,2,4,7-8,15H2,1H3;(H6,7,8,9,10,11). The molecule has 3 rings (SSSR count). The summed E-state index contributed by atoms with van der Waals surface area (Å²) in [6.45, 7) is 3.12. The normalized spacial score (nSPS) is 10.3. The maximum absolute atomic E-state index is 12.4. The molecular formula is C18H22ClN9O. The van der Waals surface area contributed by atoms with Gasteiger partial charge in [0.15, 0.2) is 0 Å². The fourth-order valence-corrected chi connectivity index (χ4v) is 2.90. The number of hydrogen-bond acceptors (Lipinski definition) is 9. The zero-order valence-electron chi connectivity index (χ0n) is 15.9. The summed E-state index contributed by atoms with van der Waals surface area (Å²) in [4.78, 5) is 24.0. The SMILES string of the molecule is CCc1nc2cccc(Cl)c2c(=O)n1CCCN.N#Cc1c(N)nc(N)nc1N. The average molecular weight is 416 g/mol. The van der Waals surface area contributed by atoms with Crippen LogP contribution in [0.25, 0.3) is 10.9 Å². The second-order valence-corrected chi connectivity index (χ2v) is 6.36. The number of benzene rings is 1. The molecule has 0 aliphatic heterocycles. The summed E-state index contributed by atoms with van der Waals surface area (Å²) in [5.41, 5.74) is 21.9. The van der Waals surface area contributed by atoms with Gasteiger partial charge < -0.3 is 22.9 Å². The van der Waals surface area contributed by atoms with Crippen molar-refractivity contribution in [2.24, 2.45) is 5.73 Å².